The van der Waals surface area contributed by atoms with Crippen molar-refractivity contribution in [2.45, 2.75) is 32.2 Å². The Bertz CT molecular complexity index is 215. The van der Waals surface area contributed by atoms with Crippen LogP contribution in [0.4, 0.5) is 0 Å². The van der Waals surface area contributed by atoms with Crippen molar-refractivity contribution >= 4 is 11.9 Å². The van der Waals surface area contributed by atoms with Crippen LogP contribution in [0, 0.1) is 0 Å². The highest BCUT2D eigenvalue weighted by atomic mass is 16.4. The Kier molecular flexibility index (Phi) is 7.49. The Morgan fingerprint density at radius 3 is 2.00 bits per heavy atom. The first kappa shape index (κ1) is 14.9. The smallest absolute Gasteiger partial charge is 0.414 e. The maximum Gasteiger partial charge on any atom is 0.414 e. The molecule has 1 aliphatic rings. The highest BCUT2D eigenvalue weighted by Crippen LogP contribution is 2.07. The van der Waals surface area contributed by atoms with Gasteiger partial charge in [0.1, 0.15) is 0 Å². The van der Waals surface area contributed by atoms with Crippen LogP contribution in [0.5, 0.6) is 0 Å². The fourth-order valence-electron chi connectivity index (χ4n) is 1.43. The Balaban J connectivity index is 0.000000325. The van der Waals surface area contributed by atoms with Crippen molar-refractivity contribution in [3.63, 3.8) is 0 Å². The van der Waals surface area contributed by atoms with E-state index in [0.29, 0.717) is 6.04 Å². The number of carbonyl (C=O) groups is 2. The molecule has 0 saturated carbocycles. The molecule has 16 heavy (non-hydrogen) atoms. The Morgan fingerprint density at radius 2 is 1.69 bits per heavy atom. The maximum absolute atomic E-state index is 9.10. The number of aliphatic carboxylic acids is 2. The zero-order chi connectivity index (χ0) is 12.6. The number of hydrogen-bond acceptors (Lipinski definition) is 4. The molecule has 4 N–H and O–H groups in total. The first-order valence-corrected chi connectivity index (χ1v) is 5.41. The zero-order valence-corrected chi connectivity index (χ0v) is 9.56. The lowest BCUT2D eigenvalue weighted by molar-refractivity contribution is -0.159. The van der Waals surface area contributed by atoms with Crippen LogP contribution in [0.1, 0.15) is 26.2 Å². The van der Waals surface area contributed by atoms with Crippen molar-refractivity contribution < 1.29 is 19.8 Å². The van der Waals surface area contributed by atoms with Gasteiger partial charge in [0, 0.05) is 12.6 Å². The maximum atomic E-state index is 9.10. The molecule has 1 heterocycles. The molecular formula is C10H20N2O4. The van der Waals surface area contributed by atoms with Crippen molar-refractivity contribution in [3.8, 4) is 0 Å². The summed E-state index contributed by atoms with van der Waals surface area (Å²) in [6.07, 6.45) is 3.85. The number of carboxylic acids is 2. The lowest BCUT2D eigenvalue weighted by Crippen LogP contribution is -2.35. The molecule has 0 bridgehead atoms. The molecule has 0 amide bonds. The third-order valence-corrected chi connectivity index (χ3v) is 2.40. The highest BCUT2D eigenvalue weighted by Gasteiger charge is 2.13. The summed E-state index contributed by atoms with van der Waals surface area (Å²) in [6.45, 7) is 5.80. The minimum atomic E-state index is -1.82. The van der Waals surface area contributed by atoms with Crippen molar-refractivity contribution in [2.24, 2.45) is 5.73 Å². The average Bonchev–Trinajstić information content (AvgIpc) is 2.71. The first-order chi connectivity index (χ1) is 7.47. The lowest BCUT2D eigenvalue weighted by Gasteiger charge is -2.18. The molecule has 0 aliphatic carbocycles. The molecule has 1 fully saturated rings. The summed E-state index contributed by atoms with van der Waals surface area (Å²) in [5.41, 5.74) is 5.81. The SMILES string of the molecule is CCC(N)CN1CCCC1.O=C(O)C(=O)O. The number of likely N-dealkylation sites (tertiary alicyclic amines) is 1. The predicted molar refractivity (Wildman–Crippen MR) is 59.2 cm³/mol. The summed E-state index contributed by atoms with van der Waals surface area (Å²) in [6, 6.07) is 0.401. The minimum Gasteiger partial charge on any atom is -0.473 e. The fourth-order valence-corrected chi connectivity index (χ4v) is 1.43. The Hall–Kier alpha value is -1.14. The van der Waals surface area contributed by atoms with E-state index in [1.54, 1.807) is 0 Å². The van der Waals surface area contributed by atoms with Gasteiger partial charge < -0.3 is 20.8 Å². The number of nitrogens with zero attached hydrogens (tertiary/aromatic N) is 1. The minimum absolute atomic E-state index is 0.401. The van der Waals surface area contributed by atoms with Crippen LogP contribution in [-0.2, 0) is 9.59 Å². The van der Waals surface area contributed by atoms with Crippen LogP contribution in [0.3, 0.4) is 0 Å². The molecule has 1 atom stereocenters. The zero-order valence-electron chi connectivity index (χ0n) is 9.56. The van der Waals surface area contributed by atoms with Gasteiger partial charge in [-0.25, -0.2) is 9.59 Å². The Morgan fingerprint density at radius 1 is 1.25 bits per heavy atom. The normalized spacial score (nSPS) is 17.4. The van der Waals surface area contributed by atoms with Crippen LogP contribution < -0.4 is 5.73 Å². The van der Waals surface area contributed by atoms with Crippen molar-refractivity contribution in [2.75, 3.05) is 19.6 Å². The second-order valence-electron chi connectivity index (χ2n) is 3.79. The molecule has 6 nitrogen and oxygen atoms in total. The van der Waals surface area contributed by atoms with E-state index in [4.69, 9.17) is 25.5 Å². The molecule has 0 aromatic rings. The number of rotatable bonds is 3. The molecular weight excluding hydrogens is 212 g/mol. The van der Waals surface area contributed by atoms with Gasteiger partial charge in [-0.2, -0.15) is 0 Å². The van der Waals surface area contributed by atoms with Crippen LogP contribution in [0.15, 0.2) is 0 Å². The second-order valence-corrected chi connectivity index (χ2v) is 3.79. The monoisotopic (exact) mass is 232 g/mol. The van der Waals surface area contributed by atoms with E-state index < -0.39 is 11.9 Å². The van der Waals surface area contributed by atoms with E-state index in [1.165, 1.54) is 25.9 Å². The molecule has 0 aromatic carbocycles. The molecule has 1 unspecified atom stereocenters. The van der Waals surface area contributed by atoms with Gasteiger partial charge in [-0.1, -0.05) is 6.92 Å². The van der Waals surface area contributed by atoms with Gasteiger partial charge in [-0.3, -0.25) is 0 Å². The van der Waals surface area contributed by atoms with Gasteiger partial charge >= 0.3 is 11.9 Å². The van der Waals surface area contributed by atoms with Gasteiger partial charge in [-0.05, 0) is 32.4 Å². The van der Waals surface area contributed by atoms with Crippen molar-refractivity contribution in [3.05, 3.63) is 0 Å². The number of nitrogens with two attached hydrogens (primary N) is 1. The third kappa shape index (κ3) is 7.19. The van der Waals surface area contributed by atoms with Gasteiger partial charge in [-0.15, -0.1) is 0 Å². The molecule has 94 valence electrons. The summed E-state index contributed by atoms with van der Waals surface area (Å²) in [5.74, 6) is -3.65. The summed E-state index contributed by atoms with van der Waals surface area (Å²) in [5, 5.41) is 14.8. The largest absolute Gasteiger partial charge is 0.473 e. The molecule has 0 aromatic heterocycles. The molecule has 1 rings (SSSR count). The quantitative estimate of drug-likeness (QED) is 0.590. The van der Waals surface area contributed by atoms with Crippen LogP contribution >= 0.6 is 0 Å². The summed E-state index contributed by atoms with van der Waals surface area (Å²) in [7, 11) is 0. The summed E-state index contributed by atoms with van der Waals surface area (Å²) >= 11 is 0. The van der Waals surface area contributed by atoms with E-state index >= 15 is 0 Å². The number of hydrogen-bond donors (Lipinski definition) is 3. The third-order valence-electron chi connectivity index (χ3n) is 2.40. The first-order valence-electron chi connectivity index (χ1n) is 5.41. The van der Waals surface area contributed by atoms with Gasteiger partial charge in [0.15, 0.2) is 0 Å². The molecule has 0 spiro atoms. The second kappa shape index (κ2) is 8.06. The van der Waals surface area contributed by atoms with Gasteiger partial charge in [0.05, 0.1) is 0 Å². The highest BCUT2D eigenvalue weighted by molar-refractivity contribution is 6.27. The van der Waals surface area contributed by atoms with Crippen molar-refractivity contribution in [1.29, 1.82) is 0 Å². The average molecular weight is 232 g/mol. The summed E-state index contributed by atoms with van der Waals surface area (Å²) in [4.78, 5) is 20.7. The number of carboxylic acid groups (broad SMARTS) is 2. The fraction of sp³-hybridized carbons (Fsp3) is 0.800. The van der Waals surface area contributed by atoms with Crippen LogP contribution in [-0.4, -0.2) is 52.7 Å². The van der Waals surface area contributed by atoms with Gasteiger partial charge in [0.2, 0.25) is 0 Å². The van der Waals surface area contributed by atoms with E-state index in [2.05, 4.69) is 11.8 Å². The van der Waals surface area contributed by atoms with E-state index in [-0.39, 0.29) is 0 Å². The standard InChI is InChI=1S/C8H18N2.C2H2O4/c1-2-8(9)7-10-5-3-4-6-10;3-1(4)2(5)6/h8H,2-7,9H2,1H3;(H,3,4)(H,5,6). The molecule has 0 radical (unpaired) electrons. The van der Waals surface area contributed by atoms with Crippen molar-refractivity contribution in [1.82, 2.24) is 4.90 Å². The Labute approximate surface area is 95.0 Å². The van der Waals surface area contributed by atoms with Gasteiger partial charge in [0.25, 0.3) is 0 Å². The van der Waals surface area contributed by atoms with E-state index in [9.17, 15) is 0 Å². The molecule has 1 saturated heterocycles. The van der Waals surface area contributed by atoms with E-state index in [1.807, 2.05) is 0 Å². The predicted octanol–water partition coefficient (Wildman–Crippen LogP) is -0.0249. The molecule has 6 heteroatoms. The van der Waals surface area contributed by atoms with E-state index in [0.717, 1.165) is 13.0 Å². The topological polar surface area (TPSA) is 104 Å². The van der Waals surface area contributed by atoms with Crippen LogP contribution in [0.25, 0.3) is 0 Å². The van der Waals surface area contributed by atoms with Crippen LogP contribution in [0.2, 0.25) is 0 Å². The lowest BCUT2D eigenvalue weighted by atomic mass is 10.2. The molecule has 1 aliphatic heterocycles. The summed E-state index contributed by atoms with van der Waals surface area (Å²) < 4.78 is 0.